The van der Waals surface area contributed by atoms with E-state index in [2.05, 4.69) is 21.9 Å². The quantitative estimate of drug-likeness (QED) is 0.510. The molecule has 0 amide bonds. The average Bonchev–Trinajstić information content (AvgIpc) is 3.27. The molecule has 0 spiro atoms. The molecule has 0 unspecified atom stereocenters. The van der Waals surface area contributed by atoms with Gasteiger partial charge < -0.3 is 0 Å². The van der Waals surface area contributed by atoms with Gasteiger partial charge in [-0.05, 0) is 30.3 Å². The van der Waals surface area contributed by atoms with E-state index in [4.69, 9.17) is 16.7 Å². The highest BCUT2D eigenvalue weighted by Crippen LogP contribution is 2.22. The van der Waals surface area contributed by atoms with Gasteiger partial charge in [0.25, 0.3) is 0 Å². The van der Waals surface area contributed by atoms with Crippen molar-refractivity contribution in [2.75, 3.05) is 0 Å². The Bertz CT molecular complexity index is 1310. The third-order valence-electron chi connectivity index (χ3n) is 3.69. The first-order valence-corrected chi connectivity index (χ1v) is 10.4. The zero-order valence-corrected chi connectivity index (χ0v) is 16.0. The Balaban J connectivity index is 1.72. The van der Waals surface area contributed by atoms with Crippen molar-refractivity contribution >= 4 is 38.6 Å². The highest BCUT2D eigenvalue weighted by atomic mass is 35.5. The van der Waals surface area contributed by atoms with E-state index in [1.54, 1.807) is 28.9 Å². The molecule has 0 aliphatic rings. The standard InChI is InChI=1S/C18H11ClN4O2S2/c19-14-4-1-12(2-5-14)16-9-10-23-18(22-16)13(11-21-23)3-6-15-7-8-17(26-15)27(20,24)25/h1-2,4-5,7-11H,(H2,20,24,25). The second-order valence-electron chi connectivity index (χ2n) is 5.56. The zero-order chi connectivity index (χ0) is 19.0. The van der Waals surface area contributed by atoms with Gasteiger partial charge in [-0.2, -0.15) is 5.10 Å². The van der Waals surface area contributed by atoms with Crippen molar-refractivity contribution < 1.29 is 8.42 Å². The maximum atomic E-state index is 11.4. The third-order valence-corrected chi connectivity index (χ3v) is 6.38. The molecule has 0 fully saturated rings. The predicted octanol–water partition coefficient (Wildman–Crippen LogP) is 3.16. The molecule has 0 aliphatic carbocycles. The molecular formula is C18H11ClN4O2S2. The molecule has 3 heterocycles. The molecule has 27 heavy (non-hydrogen) atoms. The summed E-state index contributed by atoms with van der Waals surface area (Å²) in [7, 11) is -3.72. The van der Waals surface area contributed by atoms with Crippen LogP contribution in [0.25, 0.3) is 16.9 Å². The van der Waals surface area contributed by atoms with Gasteiger partial charge >= 0.3 is 0 Å². The fraction of sp³-hybridized carbons (Fsp3) is 0. The number of aromatic nitrogens is 3. The summed E-state index contributed by atoms with van der Waals surface area (Å²) in [5.74, 6) is 5.93. The molecule has 0 aliphatic heterocycles. The van der Waals surface area contributed by atoms with Crippen molar-refractivity contribution in [2.45, 2.75) is 4.21 Å². The van der Waals surface area contributed by atoms with Gasteiger partial charge in [0.05, 0.1) is 22.3 Å². The highest BCUT2D eigenvalue weighted by Gasteiger charge is 2.10. The summed E-state index contributed by atoms with van der Waals surface area (Å²) in [5.41, 5.74) is 2.95. The molecule has 0 saturated heterocycles. The van der Waals surface area contributed by atoms with Gasteiger partial charge in [0.1, 0.15) is 4.21 Å². The summed E-state index contributed by atoms with van der Waals surface area (Å²) in [5, 5.41) is 10.0. The van der Waals surface area contributed by atoms with E-state index in [0.717, 1.165) is 22.6 Å². The van der Waals surface area contributed by atoms with Crippen LogP contribution >= 0.6 is 22.9 Å². The van der Waals surface area contributed by atoms with Gasteiger partial charge in [-0.1, -0.05) is 35.6 Å². The molecule has 9 heteroatoms. The number of sulfonamides is 1. The van der Waals surface area contributed by atoms with E-state index in [0.29, 0.717) is 21.1 Å². The van der Waals surface area contributed by atoms with Gasteiger partial charge in [0.2, 0.25) is 10.0 Å². The Hall–Kier alpha value is -2.70. The molecular weight excluding hydrogens is 404 g/mol. The lowest BCUT2D eigenvalue weighted by atomic mass is 10.1. The first kappa shape index (κ1) is 17.7. The lowest BCUT2D eigenvalue weighted by Gasteiger charge is -2.02. The van der Waals surface area contributed by atoms with Crippen molar-refractivity contribution in [2.24, 2.45) is 5.14 Å². The van der Waals surface area contributed by atoms with Gasteiger partial charge in [0, 0.05) is 16.8 Å². The summed E-state index contributed by atoms with van der Waals surface area (Å²) >= 11 is 6.96. The van der Waals surface area contributed by atoms with Gasteiger partial charge in [-0.15, -0.1) is 11.3 Å². The van der Waals surface area contributed by atoms with E-state index in [-0.39, 0.29) is 4.21 Å². The second-order valence-corrected chi connectivity index (χ2v) is 8.87. The third kappa shape index (κ3) is 3.72. The van der Waals surface area contributed by atoms with Crippen LogP contribution in [0.15, 0.2) is 59.1 Å². The summed E-state index contributed by atoms with van der Waals surface area (Å²) in [6.45, 7) is 0. The van der Waals surface area contributed by atoms with Crippen LogP contribution in [0.4, 0.5) is 0 Å². The molecule has 0 bridgehead atoms. The van der Waals surface area contributed by atoms with Crippen molar-refractivity contribution in [1.82, 2.24) is 14.6 Å². The van der Waals surface area contributed by atoms with Crippen LogP contribution in [-0.4, -0.2) is 23.0 Å². The zero-order valence-electron chi connectivity index (χ0n) is 13.6. The number of primary sulfonamides is 1. The molecule has 0 saturated carbocycles. The smallest absolute Gasteiger partial charge is 0.227 e. The van der Waals surface area contributed by atoms with Crippen molar-refractivity contribution in [1.29, 1.82) is 0 Å². The van der Waals surface area contributed by atoms with E-state index in [9.17, 15) is 8.42 Å². The van der Waals surface area contributed by atoms with Crippen LogP contribution in [-0.2, 0) is 10.0 Å². The largest absolute Gasteiger partial charge is 0.247 e. The number of thiophene rings is 1. The molecule has 134 valence electrons. The molecule has 2 N–H and O–H groups in total. The maximum Gasteiger partial charge on any atom is 0.247 e. The highest BCUT2D eigenvalue weighted by molar-refractivity contribution is 7.91. The number of hydrogen-bond acceptors (Lipinski definition) is 5. The fourth-order valence-corrected chi connectivity index (χ4v) is 4.12. The molecule has 3 aromatic heterocycles. The average molecular weight is 415 g/mol. The lowest BCUT2D eigenvalue weighted by Crippen LogP contribution is -2.09. The maximum absolute atomic E-state index is 11.4. The Labute approximate surface area is 164 Å². The Morgan fingerprint density at radius 3 is 2.56 bits per heavy atom. The number of hydrogen-bond donors (Lipinski definition) is 1. The molecule has 4 rings (SSSR count). The number of nitrogens with two attached hydrogens (primary N) is 1. The van der Waals surface area contributed by atoms with Crippen LogP contribution < -0.4 is 5.14 Å². The number of fused-ring (bicyclic) bond motifs is 1. The van der Waals surface area contributed by atoms with Gasteiger partial charge in [-0.3, -0.25) is 0 Å². The molecule has 4 aromatic rings. The number of halogens is 1. The van der Waals surface area contributed by atoms with Gasteiger partial charge in [-0.25, -0.2) is 23.1 Å². The molecule has 0 radical (unpaired) electrons. The predicted molar refractivity (Wildman–Crippen MR) is 105 cm³/mol. The number of benzene rings is 1. The monoisotopic (exact) mass is 414 g/mol. The summed E-state index contributed by atoms with van der Waals surface area (Å²) in [6, 6.07) is 12.3. The van der Waals surface area contributed by atoms with E-state index < -0.39 is 10.0 Å². The first-order chi connectivity index (χ1) is 12.9. The van der Waals surface area contributed by atoms with Crippen molar-refractivity contribution in [3.8, 4) is 23.1 Å². The normalized spacial score (nSPS) is 11.3. The minimum absolute atomic E-state index is 0.0785. The Morgan fingerprint density at radius 2 is 1.85 bits per heavy atom. The van der Waals surface area contributed by atoms with Crippen molar-refractivity contribution in [3.63, 3.8) is 0 Å². The lowest BCUT2D eigenvalue weighted by molar-refractivity contribution is 0.600. The first-order valence-electron chi connectivity index (χ1n) is 7.65. The SMILES string of the molecule is NS(=O)(=O)c1ccc(C#Cc2cnn3ccc(-c4ccc(Cl)cc4)nc23)s1. The number of rotatable bonds is 2. The van der Waals surface area contributed by atoms with Crippen LogP contribution in [0, 0.1) is 11.8 Å². The molecule has 0 atom stereocenters. The van der Waals surface area contributed by atoms with Crippen molar-refractivity contribution in [3.05, 3.63) is 70.3 Å². The van der Waals surface area contributed by atoms with Crippen LogP contribution in [0.1, 0.15) is 10.4 Å². The molecule has 1 aromatic carbocycles. The Kier molecular flexibility index (Phi) is 4.45. The van der Waals surface area contributed by atoms with Crippen LogP contribution in [0.5, 0.6) is 0 Å². The molecule has 6 nitrogen and oxygen atoms in total. The van der Waals surface area contributed by atoms with Gasteiger partial charge in [0.15, 0.2) is 5.65 Å². The number of nitrogens with zero attached hydrogens (tertiary/aromatic N) is 3. The van der Waals surface area contributed by atoms with Crippen LogP contribution in [0.3, 0.4) is 0 Å². The van der Waals surface area contributed by atoms with E-state index in [1.165, 1.54) is 6.07 Å². The summed E-state index contributed by atoms with van der Waals surface area (Å²) in [4.78, 5) is 5.22. The van der Waals surface area contributed by atoms with E-state index in [1.807, 2.05) is 24.4 Å². The fourth-order valence-electron chi connectivity index (χ4n) is 2.41. The Morgan fingerprint density at radius 1 is 1.07 bits per heavy atom. The summed E-state index contributed by atoms with van der Waals surface area (Å²) < 4.78 is 24.4. The summed E-state index contributed by atoms with van der Waals surface area (Å²) in [6.07, 6.45) is 3.43. The minimum Gasteiger partial charge on any atom is -0.227 e. The minimum atomic E-state index is -3.72. The van der Waals surface area contributed by atoms with Crippen LogP contribution in [0.2, 0.25) is 5.02 Å². The van der Waals surface area contributed by atoms with E-state index >= 15 is 0 Å². The topological polar surface area (TPSA) is 90.4 Å². The second kappa shape index (κ2) is 6.79.